The predicted octanol–water partition coefficient (Wildman–Crippen LogP) is 2.17. The molecular formula is C24H31N5O3. The molecule has 170 valence electrons. The average Bonchev–Trinajstić information content (AvgIpc) is 3.44. The van der Waals surface area contributed by atoms with E-state index in [1.54, 1.807) is 10.9 Å². The topological polar surface area (TPSA) is 87.5 Å². The molecule has 1 unspecified atom stereocenters. The van der Waals surface area contributed by atoms with Gasteiger partial charge in [-0.3, -0.25) is 19.1 Å². The third kappa shape index (κ3) is 5.18. The molecule has 2 aromatic rings. The lowest BCUT2D eigenvalue weighted by Crippen LogP contribution is -2.44. The fourth-order valence-corrected chi connectivity index (χ4v) is 4.53. The molecule has 3 heterocycles. The van der Waals surface area contributed by atoms with E-state index in [0.717, 1.165) is 13.0 Å². The van der Waals surface area contributed by atoms with Crippen LogP contribution in [0.1, 0.15) is 31.7 Å². The van der Waals surface area contributed by atoms with Gasteiger partial charge in [0.2, 0.25) is 17.7 Å². The summed E-state index contributed by atoms with van der Waals surface area (Å²) in [6.45, 7) is 4.99. The Bertz CT molecular complexity index is 950. The zero-order valence-corrected chi connectivity index (χ0v) is 18.6. The van der Waals surface area contributed by atoms with Gasteiger partial charge in [0.25, 0.3) is 0 Å². The maximum absolute atomic E-state index is 13.0. The average molecular weight is 438 g/mol. The molecule has 0 radical (unpaired) electrons. The van der Waals surface area contributed by atoms with Crippen LogP contribution in [0.2, 0.25) is 0 Å². The highest BCUT2D eigenvalue weighted by molar-refractivity contribution is 5.93. The Hall–Kier alpha value is -3.16. The van der Waals surface area contributed by atoms with Crippen molar-refractivity contribution in [3.63, 3.8) is 0 Å². The molecule has 1 aromatic carbocycles. The Morgan fingerprint density at radius 1 is 1.12 bits per heavy atom. The summed E-state index contributed by atoms with van der Waals surface area (Å²) < 4.78 is 1.77. The summed E-state index contributed by atoms with van der Waals surface area (Å²) in [5.74, 6) is -0.305. The lowest BCUT2D eigenvalue weighted by atomic mass is 9.94. The molecule has 2 aliphatic heterocycles. The predicted molar refractivity (Wildman–Crippen MR) is 121 cm³/mol. The number of carbonyl (C=O) groups is 3. The highest BCUT2D eigenvalue weighted by Gasteiger charge is 2.37. The van der Waals surface area contributed by atoms with Crippen molar-refractivity contribution in [2.75, 3.05) is 31.5 Å². The van der Waals surface area contributed by atoms with Crippen LogP contribution in [0.15, 0.2) is 42.7 Å². The minimum Gasteiger partial charge on any atom is -0.342 e. The number of amides is 3. The molecule has 8 heteroatoms. The summed E-state index contributed by atoms with van der Waals surface area (Å²) in [5, 5.41) is 7.10. The Kier molecular flexibility index (Phi) is 6.87. The van der Waals surface area contributed by atoms with Crippen LogP contribution in [0.3, 0.4) is 0 Å². The molecule has 2 saturated heterocycles. The lowest BCUT2D eigenvalue weighted by Gasteiger charge is -2.32. The third-order valence-corrected chi connectivity index (χ3v) is 6.48. The first-order valence-electron chi connectivity index (χ1n) is 11.5. The Morgan fingerprint density at radius 3 is 2.56 bits per heavy atom. The normalized spacial score (nSPS) is 19.4. The van der Waals surface area contributed by atoms with E-state index in [9.17, 15) is 14.4 Å². The van der Waals surface area contributed by atoms with Crippen LogP contribution in [0.25, 0.3) is 0 Å². The number of anilines is 1. The van der Waals surface area contributed by atoms with Crippen molar-refractivity contribution in [1.29, 1.82) is 0 Å². The molecule has 2 aliphatic rings. The van der Waals surface area contributed by atoms with E-state index in [1.807, 2.05) is 41.1 Å². The number of aromatic nitrogens is 2. The van der Waals surface area contributed by atoms with Crippen molar-refractivity contribution in [1.82, 2.24) is 19.6 Å². The van der Waals surface area contributed by atoms with Crippen LogP contribution in [-0.4, -0.2) is 63.5 Å². The van der Waals surface area contributed by atoms with Crippen molar-refractivity contribution in [3.8, 4) is 0 Å². The van der Waals surface area contributed by atoms with Crippen LogP contribution >= 0.6 is 0 Å². The molecule has 0 aliphatic carbocycles. The van der Waals surface area contributed by atoms with Gasteiger partial charge in [-0.25, -0.2) is 0 Å². The third-order valence-electron chi connectivity index (χ3n) is 6.48. The molecule has 0 spiro atoms. The number of likely N-dealkylation sites (tertiary alicyclic amines) is 2. The molecule has 1 atom stereocenters. The summed E-state index contributed by atoms with van der Waals surface area (Å²) in [4.78, 5) is 41.6. The zero-order valence-electron chi connectivity index (χ0n) is 18.6. The van der Waals surface area contributed by atoms with Crippen LogP contribution in [-0.2, 0) is 27.3 Å². The SMILES string of the molecule is CCn1cc(NC(=O)C2CCN(C(=O)C3CC(=O)N(CCc4ccccc4)C3)CC2)cn1. The summed E-state index contributed by atoms with van der Waals surface area (Å²) in [5.41, 5.74) is 1.90. The highest BCUT2D eigenvalue weighted by atomic mass is 16.2. The molecule has 0 bridgehead atoms. The van der Waals surface area contributed by atoms with E-state index in [4.69, 9.17) is 0 Å². The summed E-state index contributed by atoms with van der Waals surface area (Å²) in [6, 6.07) is 10.1. The minimum absolute atomic E-state index is 0.0177. The second-order valence-corrected chi connectivity index (χ2v) is 8.65. The second kappa shape index (κ2) is 9.97. The molecule has 0 saturated carbocycles. The van der Waals surface area contributed by atoms with Gasteiger partial charge in [-0.15, -0.1) is 0 Å². The molecule has 4 rings (SSSR count). The lowest BCUT2D eigenvalue weighted by molar-refractivity contribution is -0.138. The fraction of sp³-hybridized carbons (Fsp3) is 0.500. The van der Waals surface area contributed by atoms with Gasteiger partial charge in [0.1, 0.15) is 0 Å². The van der Waals surface area contributed by atoms with Crippen molar-refractivity contribution in [3.05, 3.63) is 48.3 Å². The first-order chi connectivity index (χ1) is 15.5. The van der Waals surface area contributed by atoms with Gasteiger partial charge in [0, 0.05) is 51.3 Å². The minimum atomic E-state index is -0.275. The van der Waals surface area contributed by atoms with Crippen LogP contribution in [0.4, 0.5) is 5.69 Å². The monoisotopic (exact) mass is 437 g/mol. The largest absolute Gasteiger partial charge is 0.342 e. The van der Waals surface area contributed by atoms with E-state index < -0.39 is 0 Å². The molecule has 32 heavy (non-hydrogen) atoms. The van der Waals surface area contributed by atoms with E-state index in [1.165, 1.54) is 5.56 Å². The zero-order chi connectivity index (χ0) is 22.5. The smallest absolute Gasteiger partial charge is 0.227 e. The Labute approximate surface area is 188 Å². The molecule has 1 aromatic heterocycles. The van der Waals surface area contributed by atoms with E-state index >= 15 is 0 Å². The quantitative estimate of drug-likeness (QED) is 0.719. The van der Waals surface area contributed by atoms with Gasteiger partial charge in [-0.1, -0.05) is 30.3 Å². The molecule has 1 N–H and O–H groups in total. The van der Waals surface area contributed by atoms with E-state index in [-0.39, 0.29) is 36.0 Å². The van der Waals surface area contributed by atoms with Crippen molar-refractivity contribution in [2.45, 2.75) is 39.2 Å². The fourth-order valence-electron chi connectivity index (χ4n) is 4.53. The number of rotatable bonds is 7. The van der Waals surface area contributed by atoms with Crippen LogP contribution in [0, 0.1) is 11.8 Å². The van der Waals surface area contributed by atoms with Gasteiger partial charge >= 0.3 is 0 Å². The number of piperidine rings is 1. The van der Waals surface area contributed by atoms with Crippen molar-refractivity contribution in [2.24, 2.45) is 11.8 Å². The van der Waals surface area contributed by atoms with Gasteiger partial charge in [0.05, 0.1) is 17.8 Å². The molecule has 8 nitrogen and oxygen atoms in total. The molecule has 3 amide bonds. The van der Waals surface area contributed by atoms with Crippen molar-refractivity contribution < 1.29 is 14.4 Å². The summed E-state index contributed by atoms with van der Waals surface area (Å²) in [7, 11) is 0. The summed E-state index contributed by atoms with van der Waals surface area (Å²) in [6.07, 6.45) is 5.83. The standard InChI is InChI=1S/C24H31N5O3/c1-2-29-17-21(15-25-29)26-23(31)19-9-12-27(13-10-19)24(32)20-14-22(30)28(16-20)11-8-18-6-4-3-5-7-18/h3-7,15,17,19-20H,2,8-14,16H2,1H3,(H,26,31). The first kappa shape index (κ1) is 22.0. The number of carbonyl (C=O) groups excluding carboxylic acids is 3. The number of nitrogens with one attached hydrogen (secondary N) is 1. The number of hydrogen-bond donors (Lipinski definition) is 1. The van der Waals surface area contributed by atoms with E-state index in [2.05, 4.69) is 22.5 Å². The number of benzene rings is 1. The second-order valence-electron chi connectivity index (χ2n) is 8.65. The molecule has 2 fully saturated rings. The maximum atomic E-state index is 13.0. The van der Waals surface area contributed by atoms with Crippen LogP contribution < -0.4 is 5.32 Å². The maximum Gasteiger partial charge on any atom is 0.227 e. The Balaban J connectivity index is 1.23. The number of aryl methyl sites for hydroxylation is 1. The Morgan fingerprint density at radius 2 is 1.88 bits per heavy atom. The first-order valence-corrected chi connectivity index (χ1v) is 11.5. The van der Waals surface area contributed by atoms with Gasteiger partial charge in [-0.2, -0.15) is 5.10 Å². The summed E-state index contributed by atoms with van der Waals surface area (Å²) >= 11 is 0. The molecular weight excluding hydrogens is 406 g/mol. The van der Waals surface area contributed by atoms with Gasteiger partial charge in [-0.05, 0) is 31.7 Å². The number of nitrogens with zero attached hydrogens (tertiary/aromatic N) is 4. The van der Waals surface area contributed by atoms with Crippen LogP contribution in [0.5, 0.6) is 0 Å². The van der Waals surface area contributed by atoms with Crippen molar-refractivity contribution >= 4 is 23.4 Å². The highest BCUT2D eigenvalue weighted by Crippen LogP contribution is 2.25. The number of hydrogen-bond acceptors (Lipinski definition) is 4. The van der Waals surface area contributed by atoms with Gasteiger partial charge in [0.15, 0.2) is 0 Å². The van der Waals surface area contributed by atoms with Gasteiger partial charge < -0.3 is 15.1 Å². The van der Waals surface area contributed by atoms with E-state index in [0.29, 0.717) is 44.7 Å².